The molecule has 1 aromatic heterocycles. The van der Waals surface area contributed by atoms with E-state index in [-0.39, 0.29) is 4.77 Å². The highest BCUT2D eigenvalue weighted by Gasteiger charge is 2.40. The van der Waals surface area contributed by atoms with Gasteiger partial charge in [-0.2, -0.15) is 13.2 Å². The van der Waals surface area contributed by atoms with E-state index >= 15 is 0 Å². The summed E-state index contributed by atoms with van der Waals surface area (Å²) in [4.78, 5) is 15.1. The number of aliphatic hydroxyl groups excluding tert-OH is 1. The molecule has 78 valence electrons. The molecule has 0 fully saturated rings. The minimum atomic E-state index is -4.87. The Kier molecular flexibility index (Phi) is 2.76. The van der Waals surface area contributed by atoms with Crippen molar-refractivity contribution in [2.24, 2.45) is 0 Å². The average Bonchev–Trinajstić information content (AvgIpc) is 2.01. The Labute approximate surface area is 80.4 Å². The van der Waals surface area contributed by atoms with Crippen LogP contribution < -0.4 is 5.56 Å². The lowest BCUT2D eigenvalue weighted by Crippen LogP contribution is -2.27. The van der Waals surface area contributed by atoms with Crippen LogP contribution in [0.1, 0.15) is 11.7 Å². The third kappa shape index (κ3) is 2.20. The summed E-state index contributed by atoms with van der Waals surface area (Å²) in [6.07, 6.45) is -6.94. The van der Waals surface area contributed by atoms with Crippen molar-refractivity contribution in [1.82, 2.24) is 9.97 Å². The van der Waals surface area contributed by atoms with Gasteiger partial charge in [0.1, 0.15) is 0 Å². The number of hydrogen-bond donors (Lipinski definition) is 3. The molecule has 0 spiro atoms. The molecule has 0 amide bonds. The van der Waals surface area contributed by atoms with E-state index in [2.05, 4.69) is 17.2 Å². The van der Waals surface area contributed by atoms with Crippen LogP contribution in [0.5, 0.6) is 0 Å². The topological polar surface area (TPSA) is 68.9 Å². The first-order valence-electron chi connectivity index (χ1n) is 3.39. The average molecular weight is 226 g/mol. The molecule has 0 bridgehead atoms. The van der Waals surface area contributed by atoms with Crippen molar-refractivity contribution < 1.29 is 18.3 Å². The molecule has 1 rings (SSSR count). The molecule has 1 atom stereocenters. The number of alkyl halides is 3. The quantitative estimate of drug-likeness (QED) is 0.626. The number of H-pyrrole nitrogens is 2. The largest absolute Gasteiger partial charge is 0.418 e. The van der Waals surface area contributed by atoms with E-state index in [1.54, 1.807) is 0 Å². The van der Waals surface area contributed by atoms with Gasteiger partial charge in [0.15, 0.2) is 10.9 Å². The summed E-state index contributed by atoms with van der Waals surface area (Å²) in [6, 6.07) is 0. The zero-order chi connectivity index (χ0) is 10.9. The van der Waals surface area contributed by atoms with Gasteiger partial charge in [0.05, 0.1) is 5.56 Å². The van der Waals surface area contributed by atoms with E-state index in [1.807, 2.05) is 4.98 Å². The third-order valence-corrected chi connectivity index (χ3v) is 1.67. The molecule has 1 aromatic rings. The van der Waals surface area contributed by atoms with Crippen LogP contribution in [0, 0.1) is 4.77 Å². The summed E-state index contributed by atoms with van der Waals surface area (Å²) in [5, 5.41) is 8.73. The van der Waals surface area contributed by atoms with E-state index < -0.39 is 23.4 Å². The molecule has 0 saturated heterocycles. The maximum atomic E-state index is 12.0. The molecule has 0 aromatic carbocycles. The van der Waals surface area contributed by atoms with Gasteiger partial charge in [-0.15, -0.1) is 0 Å². The van der Waals surface area contributed by atoms with Crippen LogP contribution in [-0.2, 0) is 0 Å². The van der Waals surface area contributed by atoms with E-state index in [9.17, 15) is 18.0 Å². The molecule has 14 heavy (non-hydrogen) atoms. The van der Waals surface area contributed by atoms with E-state index in [0.29, 0.717) is 0 Å². The maximum Gasteiger partial charge on any atom is 0.418 e. The van der Waals surface area contributed by atoms with Gasteiger partial charge < -0.3 is 10.1 Å². The van der Waals surface area contributed by atoms with E-state index in [1.165, 1.54) is 0 Å². The third-order valence-electron chi connectivity index (χ3n) is 1.45. The summed E-state index contributed by atoms with van der Waals surface area (Å²) in [7, 11) is 0. The Balaban J connectivity index is 3.21. The fourth-order valence-electron chi connectivity index (χ4n) is 0.800. The zero-order valence-electron chi connectivity index (χ0n) is 6.55. The van der Waals surface area contributed by atoms with E-state index in [0.717, 1.165) is 6.20 Å². The fraction of sp³-hybridized carbons (Fsp3) is 0.333. The Hall–Kier alpha value is -1.15. The number of aromatic amines is 2. The Morgan fingerprint density at radius 2 is 2.07 bits per heavy atom. The Bertz CT molecular complexity index is 436. The van der Waals surface area contributed by atoms with Crippen LogP contribution in [0.2, 0.25) is 0 Å². The summed E-state index contributed by atoms with van der Waals surface area (Å²) >= 11 is 4.47. The lowest BCUT2D eigenvalue weighted by Gasteiger charge is -2.12. The van der Waals surface area contributed by atoms with Crippen LogP contribution in [0.3, 0.4) is 0 Å². The molecule has 0 aliphatic carbocycles. The van der Waals surface area contributed by atoms with Crippen LogP contribution in [0.15, 0.2) is 11.0 Å². The molecule has 4 nitrogen and oxygen atoms in total. The first-order chi connectivity index (χ1) is 6.32. The highest BCUT2D eigenvalue weighted by atomic mass is 32.1. The summed E-state index contributed by atoms with van der Waals surface area (Å²) in [5.74, 6) is 0. The van der Waals surface area contributed by atoms with Crippen molar-refractivity contribution in [3.63, 3.8) is 0 Å². The Morgan fingerprint density at radius 3 is 2.50 bits per heavy atom. The minimum absolute atomic E-state index is 0.104. The van der Waals surface area contributed by atoms with Crippen molar-refractivity contribution in [3.8, 4) is 0 Å². The number of aromatic nitrogens is 2. The highest BCUT2D eigenvalue weighted by molar-refractivity contribution is 7.71. The number of hydrogen-bond acceptors (Lipinski definition) is 3. The standard InChI is InChI=1S/C6H5F3N2O2S/c7-6(8,9)3(12)2-1-10-5(14)11-4(2)13/h1,3,12H,(H2,10,11,13,14). The second-order valence-corrected chi connectivity index (χ2v) is 2.88. The molecule has 0 radical (unpaired) electrons. The predicted octanol–water partition coefficient (Wildman–Crippen LogP) is 1.03. The summed E-state index contributed by atoms with van der Waals surface area (Å²) < 4.78 is 35.8. The van der Waals surface area contributed by atoms with Crippen LogP contribution in [-0.4, -0.2) is 21.3 Å². The van der Waals surface area contributed by atoms with Gasteiger partial charge in [-0.3, -0.25) is 9.78 Å². The van der Waals surface area contributed by atoms with Crippen LogP contribution in [0.25, 0.3) is 0 Å². The number of nitrogens with one attached hydrogen (secondary N) is 2. The van der Waals surface area contributed by atoms with E-state index in [4.69, 9.17) is 5.11 Å². The van der Waals surface area contributed by atoms with Crippen molar-refractivity contribution in [2.75, 3.05) is 0 Å². The van der Waals surface area contributed by atoms with Gasteiger partial charge in [0, 0.05) is 6.20 Å². The maximum absolute atomic E-state index is 12.0. The fourth-order valence-corrected chi connectivity index (χ4v) is 0.951. The van der Waals surface area contributed by atoms with Crippen molar-refractivity contribution >= 4 is 12.2 Å². The molecule has 8 heteroatoms. The monoisotopic (exact) mass is 226 g/mol. The number of rotatable bonds is 1. The normalized spacial score (nSPS) is 14.0. The first-order valence-corrected chi connectivity index (χ1v) is 3.80. The number of aliphatic hydroxyl groups is 1. The second-order valence-electron chi connectivity index (χ2n) is 2.47. The van der Waals surface area contributed by atoms with Crippen molar-refractivity contribution in [3.05, 3.63) is 26.9 Å². The predicted molar refractivity (Wildman–Crippen MR) is 43.3 cm³/mol. The molecule has 1 heterocycles. The molecule has 3 N–H and O–H groups in total. The zero-order valence-corrected chi connectivity index (χ0v) is 7.37. The molecular weight excluding hydrogens is 221 g/mol. The molecule has 0 saturated carbocycles. The van der Waals surface area contributed by atoms with Gasteiger partial charge in [-0.05, 0) is 12.2 Å². The van der Waals surface area contributed by atoms with Crippen LogP contribution in [0.4, 0.5) is 13.2 Å². The van der Waals surface area contributed by atoms with Gasteiger partial charge in [-0.25, -0.2) is 0 Å². The molecular formula is C6H5F3N2O2S. The van der Waals surface area contributed by atoms with Gasteiger partial charge in [-0.1, -0.05) is 0 Å². The van der Waals surface area contributed by atoms with Gasteiger partial charge in [0.25, 0.3) is 5.56 Å². The summed E-state index contributed by atoms with van der Waals surface area (Å²) in [5.41, 5.74) is -1.87. The smallest absolute Gasteiger partial charge is 0.379 e. The first kappa shape index (κ1) is 10.9. The second kappa shape index (κ2) is 3.54. The van der Waals surface area contributed by atoms with Gasteiger partial charge in [0.2, 0.25) is 0 Å². The molecule has 1 unspecified atom stereocenters. The molecule has 0 aliphatic rings. The summed E-state index contributed by atoms with van der Waals surface area (Å²) in [6.45, 7) is 0. The van der Waals surface area contributed by atoms with Crippen molar-refractivity contribution in [2.45, 2.75) is 12.3 Å². The number of halogens is 3. The molecule has 0 aliphatic heterocycles. The van der Waals surface area contributed by atoms with Crippen LogP contribution >= 0.6 is 12.2 Å². The minimum Gasteiger partial charge on any atom is -0.379 e. The van der Waals surface area contributed by atoms with Crippen molar-refractivity contribution in [1.29, 1.82) is 0 Å². The van der Waals surface area contributed by atoms with Gasteiger partial charge >= 0.3 is 6.18 Å². The lowest BCUT2D eigenvalue weighted by atomic mass is 10.2. The lowest BCUT2D eigenvalue weighted by molar-refractivity contribution is -0.207. The highest BCUT2D eigenvalue weighted by Crippen LogP contribution is 2.30. The SMILES string of the molecule is O=c1[nH]c(=S)[nH]cc1C(O)C(F)(F)F. The Morgan fingerprint density at radius 1 is 1.50 bits per heavy atom.